The van der Waals surface area contributed by atoms with Gasteiger partial charge in [0, 0.05) is 26.4 Å². The topological polar surface area (TPSA) is 156 Å². The van der Waals surface area contributed by atoms with Crippen LogP contribution in [-0.4, -0.2) is 115 Å². The molecule has 4 fully saturated rings. The van der Waals surface area contributed by atoms with E-state index in [4.69, 9.17) is 28.9 Å². The molecule has 2 aromatic rings. The van der Waals surface area contributed by atoms with Crippen LogP contribution in [0.1, 0.15) is 23.1 Å². The summed E-state index contributed by atoms with van der Waals surface area (Å²) in [7, 11) is 1.56. The van der Waals surface area contributed by atoms with Gasteiger partial charge in [-0.25, -0.2) is 0 Å². The molecule has 7 atom stereocenters. The largest absolute Gasteiger partial charge is 0.499 e. The van der Waals surface area contributed by atoms with Crippen LogP contribution in [0.5, 0.6) is 0 Å². The molecule has 3 N–H and O–H groups in total. The normalized spacial score (nSPS) is 28.8. The number of carbonyl (C=O) groups excluding carboxylic acids is 3. The van der Waals surface area contributed by atoms with Crippen LogP contribution in [0.15, 0.2) is 60.9 Å². The molecule has 13 nitrogen and oxygen atoms in total. The zero-order valence-corrected chi connectivity index (χ0v) is 25.5. The second-order valence-corrected chi connectivity index (χ2v) is 11.9. The van der Waals surface area contributed by atoms with E-state index in [-0.39, 0.29) is 52.5 Å². The summed E-state index contributed by atoms with van der Waals surface area (Å²) in [6.07, 6.45) is 0.739. The molecular weight excluding hydrogens is 598 g/mol. The number of ether oxygens (including phenoxy) is 4. The Bertz CT molecular complexity index is 1440. The summed E-state index contributed by atoms with van der Waals surface area (Å²) >= 11 is 0. The Balaban J connectivity index is 1.33. The molecule has 2 amide bonds. The van der Waals surface area contributed by atoms with E-state index in [1.165, 1.54) is 16.2 Å². The predicted molar refractivity (Wildman–Crippen MR) is 161 cm³/mol. The molecule has 4 aliphatic rings. The van der Waals surface area contributed by atoms with Gasteiger partial charge in [0.25, 0.3) is 0 Å². The lowest BCUT2D eigenvalue weighted by Crippen LogP contribution is -2.70. The summed E-state index contributed by atoms with van der Waals surface area (Å²) in [6, 6.07) is 14.8. The third-order valence-electron chi connectivity index (χ3n) is 9.10. The molecule has 3 heterocycles. The smallest absolute Gasteiger partial charge is 0.327 e. The fraction of sp³-hybridized carbons (Fsp3) is 0.485. The van der Waals surface area contributed by atoms with Gasteiger partial charge >= 0.3 is 5.97 Å². The van der Waals surface area contributed by atoms with E-state index < -0.39 is 59.7 Å². The number of hydrogen-bond donors (Lipinski definition) is 3. The van der Waals surface area contributed by atoms with Gasteiger partial charge in [-0.15, -0.1) is 0 Å². The molecule has 46 heavy (non-hydrogen) atoms. The first-order chi connectivity index (χ1) is 22.4. The van der Waals surface area contributed by atoms with Gasteiger partial charge in [0.15, 0.2) is 6.04 Å². The first-order valence-corrected chi connectivity index (χ1v) is 15.4. The minimum absolute atomic E-state index is 0.0268. The highest BCUT2D eigenvalue weighted by Crippen LogP contribution is 2.56. The number of benzene rings is 2. The number of esters is 1. The summed E-state index contributed by atoms with van der Waals surface area (Å²) in [4.78, 5) is 50.1. The average molecular weight is 638 g/mol. The molecule has 3 aliphatic heterocycles. The van der Waals surface area contributed by atoms with Gasteiger partial charge in [-0.2, -0.15) is 5.06 Å². The van der Waals surface area contributed by atoms with E-state index in [9.17, 15) is 19.5 Å². The first kappa shape index (κ1) is 32.1. The predicted octanol–water partition coefficient (Wildman–Crippen LogP) is 0.386. The fourth-order valence-electron chi connectivity index (χ4n) is 7.04. The molecular formula is C33H39N3O10. The maximum absolute atomic E-state index is 14.9. The van der Waals surface area contributed by atoms with Crippen LogP contribution in [0.2, 0.25) is 0 Å². The second kappa shape index (κ2) is 13.9. The molecule has 1 aliphatic carbocycles. The Hall–Kier alpha value is -3.85. The van der Waals surface area contributed by atoms with Gasteiger partial charge in [0.1, 0.15) is 49.3 Å². The van der Waals surface area contributed by atoms with E-state index in [1.54, 1.807) is 13.1 Å². The minimum Gasteiger partial charge on any atom is -0.499 e. The highest BCUT2D eigenvalue weighted by molar-refractivity contribution is 5.96. The summed E-state index contributed by atoms with van der Waals surface area (Å²) in [5.74, 6) is -1.46. The number of aliphatic hydroxyl groups is 2. The lowest BCUT2D eigenvalue weighted by Gasteiger charge is -2.50. The zero-order chi connectivity index (χ0) is 32.3. The third kappa shape index (κ3) is 6.01. The molecule has 246 valence electrons. The van der Waals surface area contributed by atoms with Gasteiger partial charge < -0.3 is 39.4 Å². The van der Waals surface area contributed by atoms with Crippen LogP contribution in [-0.2, 0) is 51.1 Å². The molecule has 1 saturated carbocycles. The third-order valence-corrected chi connectivity index (χ3v) is 9.10. The van der Waals surface area contributed by atoms with Gasteiger partial charge in [-0.05, 0) is 22.8 Å². The molecule has 3 saturated heterocycles. The van der Waals surface area contributed by atoms with Crippen molar-refractivity contribution in [2.45, 2.75) is 55.9 Å². The minimum atomic E-state index is -1.43. The van der Waals surface area contributed by atoms with Crippen LogP contribution >= 0.6 is 0 Å². The van der Waals surface area contributed by atoms with Crippen LogP contribution in [0.3, 0.4) is 0 Å². The average Bonchev–Trinajstić information content (AvgIpc) is 3.69. The summed E-state index contributed by atoms with van der Waals surface area (Å²) in [5.41, 5.74) is 1.05. The van der Waals surface area contributed by atoms with Crippen LogP contribution in [0, 0.1) is 5.41 Å². The van der Waals surface area contributed by atoms with E-state index in [1.807, 2.05) is 54.6 Å². The fourth-order valence-corrected chi connectivity index (χ4v) is 7.04. The number of rotatable bonds is 13. The number of amides is 2. The zero-order valence-electron chi connectivity index (χ0n) is 25.5. The van der Waals surface area contributed by atoms with Crippen molar-refractivity contribution in [1.29, 1.82) is 0 Å². The first-order valence-electron chi connectivity index (χ1n) is 15.4. The van der Waals surface area contributed by atoms with E-state index in [0.717, 1.165) is 16.7 Å². The van der Waals surface area contributed by atoms with Crippen molar-refractivity contribution in [3.63, 3.8) is 0 Å². The van der Waals surface area contributed by atoms with Gasteiger partial charge in [-0.3, -0.25) is 19.2 Å². The number of carbonyl (C=O) groups is 3. The molecule has 13 heteroatoms. The molecule has 2 aromatic carbocycles. The van der Waals surface area contributed by atoms with Gasteiger partial charge in [-0.1, -0.05) is 54.6 Å². The Labute approximate surface area is 266 Å². The lowest BCUT2D eigenvalue weighted by molar-refractivity contribution is -0.204. The number of aliphatic hydroxyl groups excluding tert-OH is 2. The molecule has 6 rings (SSSR count). The van der Waals surface area contributed by atoms with Crippen LogP contribution in [0.4, 0.5) is 0 Å². The Kier molecular flexibility index (Phi) is 9.68. The maximum Gasteiger partial charge on any atom is 0.327 e. The van der Waals surface area contributed by atoms with Crippen molar-refractivity contribution in [3.8, 4) is 0 Å². The highest BCUT2D eigenvalue weighted by Gasteiger charge is 2.75. The molecule has 0 radical (unpaired) electrons. The Morgan fingerprint density at radius 1 is 1.11 bits per heavy atom. The van der Waals surface area contributed by atoms with Crippen molar-refractivity contribution in [3.05, 3.63) is 77.5 Å². The quantitative estimate of drug-likeness (QED) is 0.159. The SMILES string of the molecule is CN(C(=O)[C@@]12C[C@H]3OC(=O)[C@@H]1N(Cc1cccc(C=COCCO)c1)O[C@@H]2[C@H]1OCO[C@H]13)[C@H](Cc1ccccc1)C(=O)NCCO. The van der Waals surface area contributed by atoms with Crippen molar-refractivity contribution >= 4 is 23.9 Å². The Morgan fingerprint density at radius 3 is 2.67 bits per heavy atom. The van der Waals surface area contributed by atoms with Crippen LogP contribution in [0.25, 0.3) is 6.08 Å². The van der Waals surface area contributed by atoms with Crippen LogP contribution < -0.4 is 5.32 Å². The maximum atomic E-state index is 14.9. The monoisotopic (exact) mass is 637 g/mol. The van der Waals surface area contributed by atoms with Crippen molar-refractivity contribution < 1.29 is 48.4 Å². The highest BCUT2D eigenvalue weighted by atomic mass is 16.8. The summed E-state index contributed by atoms with van der Waals surface area (Å²) in [5, 5.41) is 22.5. The Morgan fingerprint density at radius 2 is 1.89 bits per heavy atom. The molecule has 0 aromatic heterocycles. The standard InChI is InChI=1S/C33H39N3O10/c1-35(24(30(39)34-11-12-37)17-21-6-3-2-4-7-21)32(41)33-18-25-26-27(44-20-43-26)29(33)46-36(28(33)31(40)45-25)19-23-9-5-8-22(16-23)10-14-42-15-13-38/h2-10,14,16,24-29,37-38H,11-13,15,17-20H2,1H3,(H,34,39)/t24-,25-,26+,27+,28+,29-,33+/m1/s1. The van der Waals surface area contributed by atoms with E-state index in [0.29, 0.717) is 0 Å². The van der Waals surface area contributed by atoms with Crippen molar-refractivity contribution in [2.24, 2.45) is 5.41 Å². The van der Waals surface area contributed by atoms with Crippen molar-refractivity contribution in [1.82, 2.24) is 15.3 Å². The van der Waals surface area contributed by atoms with Gasteiger partial charge in [0.2, 0.25) is 11.8 Å². The molecule has 0 unspecified atom stereocenters. The number of likely N-dealkylation sites (N-methyl/N-ethyl adjacent to an activating group) is 1. The van der Waals surface area contributed by atoms with Gasteiger partial charge in [0.05, 0.1) is 26.0 Å². The van der Waals surface area contributed by atoms with Crippen molar-refractivity contribution in [2.75, 3.05) is 40.2 Å². The number of fused-ring (bicyclic) bond motifs is 4. The number of nitrogens with one attached hydrogen (secondary N) is 1. The second-order valence-electron chi connectivity index (χ2n) is 11.9. The number of hydroxylamine groups is 2. The van der Waals surface area contributed by atoms with E-state index >= 15 is 0 Å². The number of nitrogens with zero attached hydrogens (tertiary/aromatic N) is 2. The van der Waals surface area contributed by atoms with E-state index in [2.05, 4.69) is 5.32 Å². The summed E-state index contributed by atoms with van der Waals surface area (Å²) in [6.45, 7) is -0.00736. The summed E-state index contributed by atoms with van der Waals surface area (Å²) < 4.78 is 22.9. The molecule has 2 bridgehead atoms. The lowest BCUT2D eigenvalue weighted by atomic mass is 9.62. The molecule has 0 spiro atoms. The number of hydrogen-bond acceptors (Lipinski definition) is 11.